The van der Waals surface area contributed by atoms with Crippen molar-refractivity contribution in [2.75, 3.05) is 19.0 Å². The molecule has 0 fully saturated rings. The molecule has 0 aliphatic heterocycles. The summed E-state index contributed by atoms with van der Waals surface area (Å²) < 4.78 is 7.58. The molecule has 0 saturated heterocycles. The minimum atomic E-state index is -0.279. The van der Waals surface area contributed by atoms with Crippen molar-refractivity contribution < 1.29 is 9.53 Å². The van der Waals surface area contributed by atoms with Gasteiger partial charge >= 0.3 is 5.97 Å². The van der Waals surface area contributed by atoms with Gasteiger partial charge in [-0.25, -0.2) is 4.79 Å². The summed E-state index contributed by atoms with van der Waals surface area (Å²) in [7, 11) is 1.39. The smallest absolute Gasteiger partial charge is 0.333 e. The number of ether oxygens (including phenoxy) is 1. The number of esters is 1. The van der Waals surface area contributed by atoms with Crippen molar-refractivity contribution in [3.63, 3.8) is 0 Å². The first-order valence-electron chi connectivity index (χ1n) is 5.65. The van der Waals surface area contributed by atoms with E-state index >= 15 is 0 Å². The molecule has 104 valence electrons. The van der Waals surface area contributed by atoms with Crippen LogP contribution in [0.2, 0.25) is 0 Å². The van der Waals surface area contributed by atoms with Crippen LogP contribution in [0.1, 0.15) is 13.3 Å². The van der Waals surface area contributed by atoms with E-state index in [1.165, 1.54) is 7.11 Å². The van der Waals surface area contributed by atoms with Gasteiger partial charge in [0.1, 0.15) is 0 Å². The molecule has 0 saturated carbocycles. The van der Waals surface area contributed by atoms with Crippen molar-refractivity contribution in [1.29, 1.82) is 0 Å². The number of methoxy groups -OCH3 is 1. The molecule has 1 aromatic rings. The number of hydrogen-bond donors (Lipinski definition) is 1. The molecule has 3 nitrogen and oxygen atoms in total. The van der Waals surface area contributed by atoms with E-state index in [-0.39, 0.29) is 5.97 Å². The summed E-state index contributed by atoms with van der Waals surface area (Å²) in [5, 5.41) is 3.25. The van der Waals surface area contributed by atoms with Gasteiger partial charge in [-0.05, 0) is 50.4 Å². The van der Waals surface area contributed by atoms with E-state index < -0.39 is 0 Å². The van der Waals surface area contributed by atoms with Crippen LogP contribution in [0, 0.1) is 0 Å². The highest BCUT2D eigenvalue weighted by Gasteiger charge is 2.08. The predicted octanol–water partition coefficient (Wildman–Crippen LogP) is 4.90. The lowest BCUT2D eigenvalue weighted by atomic mass is 10.2. The van der Waals surface area contributed by atoms with Crippen LogP contribution in [0.3, 0.4) is 0 Å². The van der Waals surface area contributed by atoms with Gasteiger partial charge in [0.2, 0.25) is 0 Å². The monoisotopic (exact) mass is 453 g/mol. The van der Waals surface area contributed by atoms with E-state index in [4.69, 9.17) is 4.74 Å². The number of carbonyl (C=O) groups excluding carboxylic acids is 1. The second-order valence-electron chi connectivity index (χ2n) is 3.70. The van der Waals surface area contributed by atoms with Crippen LogP contribution in [0.5, 0.6) is 0 Å². The van der Waals surface area contributed by atoms with Gasteiger partial charge in [0.25, 0.3) is 0 Å². The Morgan fingerprint density at radius 2 is 1.89 bits per heavy atom. The van der Waals surface area contributed by atoms with Gasteiger partial charge in [-0.1, -0.05) is 28.9 Å². The summed E-state index contributed by atoms with van der Waals surface area (Å²) >= 11 is 10.4. The fourth-order valence-corrected chi connectivity index (χ4v) is 4.03. The third-order valence-corrected chi connectivity index (χ3v) is 4.17. The van der Waals surface area contributed by atoms with Crippen LogP contribution < -0.4 is 5.32 Å². The van der Waals surface area contributed by atoms with E-state index in [0.717, 1.165) is 19.1 Å². The molecule has 6 heteroatoms. The van der Waals surface area contributed by atoms with E-state index in [2.05, 4.69) is 53.1 Å². The minimum Gasteiger partial charge on any atom is -0.466 e. The predicted molar refractivity (Wildman–Crippen MR) is 88.4 cm³/mol. The molecule has 0 heterocycles. The Kier molecular flexibility index (Phi) is 7.10. The van der Waals surface area contributed by atoms with Crippen LogP contribution in [-0.4, -0.2) is 19.6 Å². The topological polar surface area (TPSA) is 38.3 Å². The summed E-state index contributed by atoms with van der Waals surface area (Å²) in [6, 6.07) is 3.91. The maximum absolute atomic E-state index is 11.4. The van der Waals surface area contributed by atoms with Crippen LogP contribution in [0.15, 0.2) is 37.2 Å². The lowest BCUT2D eigenvalue weighted by Gasteiger charge is -2.10. The fraction of sp³-hybridized carbons (Fsp3) is 0.308. The second-order valence-corrected chi connectivity index (χ2v) is 6.32. The summed E-state index contributed by atoms with van der Waals surface area (Å²) in [5.74, 6) is -0.279. The summed E-state index contributed by atoms with van der Waals surface area (Å²) in [6.07, 6.45) is 2.49. The zero-order valence-corrected chi connectivity index (χ0v) is 15.4. The normalized spacial score (nSPS) is 11.3. The summed E-state index contributed by atoms with van der Waals surface area (Å²) in [5.41, 5.74) is 1.61. The number of carbonyl (C=O) groups is 1. The summed E-state index contributed by atoms with van der Waals surface area (Å²) in [4.78, 5) is 11.4. The first-order chi connectivity index (χ1) is 8.99. The average Bonchev–Trinajstić information content (AvgIpc) is 2.36. The van der Waals surface area contributed by atoms with Gasteiger partial charge in [0.05, 0.1) is 12.8 Å². The number of benzene rings is 1. The Bertz CT molecular complexity index is 478. The second kappa shape index (κ2) is 8.07. The first kappa shape index (κ1) is 16.7. The van der Waals surface area contributed by atoms with Gasteiger partial charge < -0.3 is 10.1 Å². The molecule has 0 aromatic heterocycles. The molecule has 1 N–H and O–H groups in total. The molecule has 0 radical (unpaired) electrons. The molecule has 0 atom stereocenters. The van der Waals surface area contributed by atoms with Crippen molar-refractivity contribution in [3.05, 3.63) is 37.2 Å². The third-order valence-electron chi connectivity index (χ3n) is 2.46. The zero-order chi connectivity index (χ0) is 14.4. The average molecular weight is 456 g/mol. The largest absolute Gasteiger partial charge is 0.466 e. The Morgan fingerprint density at radius 3 is 2.37 bits per heavy atom. The maximum Gasteiger partial charge on any atom is 0.333 e. The van der Waals surface area contributed by atoms with Gasteiger partial charge in [-0.2, -0.15) is 0 Å². The van der Waals surface area contributed by atoms with Crippen LogP contribution in [0.4, 0.5) is 5.69 Å². The van der Waals surface area contributed by atoms with Crippen molar-refractivity contribution in [1.82, 2.24) is 0 Å². The fourth-order valence-electron chi connectivity index (χ4n) is 1.49. The molecule has 0 amide bonds. The number of hydrogen-bond acceptors (Lipinski definition) is 3. The molecular weight excluding hydrogens is 442 g/mol. The van der Waals surface area contributed by atoms with Crippen molar-refractivity contribution in [3.8, 4) is 0 Å². The van der Waals surface area contributed by atoms with Gasteiger partial charge in [-0.15, -0.1) is 0 Å². The van der Waals surface area contributed by atoms with Crippen molar-refractivity contribution >= 4 is 59.4 Å². The highest BCUT2D eigenvalue weighted by atomic mass is 79.9. The molecular formula is C13H14Br3NO2. The molecule has 0 aliphatic rings. The van der Waals surface area contributed by atoms with E-state index in [9.17, 15) is 4.79 Å². The van der Waals surface area contributed by atoms with Crippen LogP contribution in [0.25, 0.3) is 0 Å². The third kappa shape index (κ3) is 4.93. The van der Waals surface area contributed by atoms with Gasteiger partial charge in [0, 0.05) is 25.5 Å². The molecule has 0 bridgehead atoms. The van der Waals surface area contributed by atoms with Gasteiger partial charge in [-0.3, -0.25) is 0 Å². The maximum atomic E-state index is 11.4. The Morgan fingerprint density at radius 1 is 1.32 bits per heavy atom. The number of anilines is 1. The van der Waals surface area contributed by atoms with E-state index in [0.29, 0.717) is 18.5 Å². The minimum absolute atomic E-state index is 0.279. The van der Waals surface area contributed by atoms with Gasteiger partial charge in [0.15, 0.2) is 0 Å². The van der Waals surface area contributed by atoms with Crippen molar-refractivity contribution in [2.45, 2.75) is 13.3 Å². The first-order valence-corrected chi connectivity index (χ1v) is 8.03. The zero-order valence-electron chi connectivity index (χ0n) is 10.6. The molecule has 19 heavy (non-hydrogen) atoms. The van der Waals surface area contributed by atoms with E-state index in [1.807, 2.05) is 25.1 Å². The standard InChI is InChI=1S/C13H14Br3NO2/c1-3-8(13(18)19-2)4-5-17-12-10(15)6-9(14)7-11(12)16/h4,6-7,17H,3,5H2,1-2H3. The molecule has 1 rings (SSSR count). The van der Waals surface area contributed by atoms with E-state index in [1.54, 1.807) is 0 Å². The summed E-state index contributed by atoms with van der Waals surface area (Å²) in [6.45, 7) is 2.48. The van der Waals surface area contributed by atoms with Crippen LogP contribution >= 0.6 is 47.8 Å². The van der Waals surface area contributed by atoms with Crippen LogP contribution in [-0.2, 0) is 9.53 Å². The molecule has 0 unspecified atom stereocenters. The quantitative estimate of drug-likeness (QED) is 0.507. The lowest BCUT2D eigenvalue weighted by molar-refractivity contribution is -0.136. The highest BCUT2D eigenvalue weighted by molar-refractivity contribution is 9.11. The molecule has 0 spiro atoms. The lowest BCUT2D eigenvalue weighted by Crippen LogP contribution is -2.07. The Balaban J connectivity index is 2.77. The SMILES string of the molecule is CCC(=CCNc1c(Br)cc(Br)cc1Br)C(=O)OC. The number of halogens is 3. The Hall–Kier alpha value is -0.330. The Labute approximate surface area is 138 Å². The molecule has 1 aromatic carbocycles. The number of rotatable bonds is 5. The number of nitrogens with one attached hydrogen (secondary N) is 1. The van der Waals surface area contributed by atoms with Crippen molar-refractivity contribution in [2.24, 2.45) is 0 Å². The highest BCUT2D eigenvalue weighted by Crippen LogP contribution is 2.34. The molecule has 0 aliphatic carbocycles.